The quantitative estimate of drug-likeness (QED) is 0.843. The van der Waals surface area contributed by atoms with E-state index in [-0.39, 0.29) is 18.6 Å². The molecule has 1 saturated heterocycles. The first-order valence-electron chi connectivity index (χ1n) is 8.70. The van der Waals surface area contributed by atoms with Crippen molar-refractivity contribution in [1.29, 1.82) is 0 Å². The Bertz CT molecular complexity index is 610. The molecule has 0 spiro atoms. The van der Waals surface area contributed by atoms with Crippen LogP contribution in [0, 0.1) is 6.92 Å². The number of hydrogen-bond donors (Lipinski definition) is 0. The van der Waals surface area contributed by atoms with Gasteiger partial charge in [0.2, 0.25) is 0 Å². The summed E-state index contributed by atoms with van der Waals surface area (Å²) in [4.78, 5) is 28.0. The Morgan fingerprint density at radius 1 is 1.04 bits per heavy atom. The third-order valence-electron chi connectivity index (χ3n) is 3.95. The minimum absolute atomic E-state index is 0.0112. The molecule has 6 nitrogen and oxygen atoms in total. The van der Waals surface area contributed by atoms with Crippen molar-refractivity contribution in [3.05, 3.63) is 29.8 Å². The van der Waals surface area contributed by atoms with Crippen molar-refractivity contribution in [2.24, 2.45) is 0 Å². The highest BCUT2D eigenvalue weighted by atomic mass is 16.6. The van der Waals surface area contributed by atoms with E-state index in [0.717, 1.165) is 17.7 Å². The van der Waals surface area contributed by atoms with Gasteiger partial charge in [0.25, 0.3) is 5.91 Å². The van der Waals surface area contributed by atoms with Gasteiger partial charge in [-0.15, -0.1) is 0 Å². The van der Waals surface area contributed by atoms with Crippen molar-refractivity contribution in [3.63, 3.8) is 0 Å². The molecule has 1 heterocycles. The highest BCUT2D eigenvalue weighted by Crippen LogP contribution is 2.16. The molecule has 2 rings (SSSR count). The summed E-state index contributed by atoms with van der Waals surface area (Å²) in [6.07, 6.45) is 0.410. The fourth-order valence-electron chi connectivity index (χ4n) is 2.63. The first-order valence-corrected chi connectivity index (χ1v) is 8.70. The molecule has 1 fully saturated rings. The lowest BCUT2D eigenvalue weighted by Crippen LogP contribution is -2.41. The second-order valence-electron chi connectivity index (χ2n) is 7.26. The summed E-state index contributed by atoms with van der Waals surface area (Å²) in [5.41, 5.74) is 0.488. The third-order valence-corrected chi connectivity index (χ3v) is 3.95. The molecule has 1 aliphatic rings. The monoisotopic (exact) mass is 348 g/mol. The number of para-hydroxylation sites is 1. The van der Waals surface area contributed by atoms with Crippen LogP contribution in [0.15, 0.2) is 24.3 Å². The van der Waals surface area contributed by atoms with Crippen LogP contribution in [-0.2, 0) is 9.53 Å². The normalized spacial score (nSPS) is 15.5. The number of carbonyl (C=O) groups excluding carboxylic acids is 2. The van der Waals surface area contributed by atoms with Gasteiger partial charge in [-0.05, 0) is 45.7 Å². The lowest BCUT2D eigenvalue weighted by molar-refractivity contribution is -0.133. The number of hydrogen-bond acceptors (Lipinski definition) is 4. The zero-order chi connectivity index (χ0) is 18.4. The van der Waals surface area contributed by atoms with Gasteiger partial charge in [0, 0.05) is 26.2 Å². The van der Waals surface area contributed by atoms with Gasteiger partial charge in [-0.3, -0.25) is 4.79 Å². The molecule has 0 bridgehead atoms. The number of ether oxygens (including phenoxy) is 2. The maximum atomic E-state index is 12.4. The average Bonchev–Trinajstić information content (AvgIpc) is 2.78. The predicted molar refractivity (Wildman–Crippen MR) is 95.7 cm³/mol. The van der Waals surface area contributed by atoms with Gasteiger partial charge in [0.15, 0.2) is 6.61 Å². The van der Waals surface area contributed by atoms with Crippen LogP contribution in [0.1, 0.15) is 32.8 Å². The molecule has 0 saturated carbocycles. The molecule has 0 radical (unpaired) electrons. The number of amides is 2. The lowest BCUT2D eigenvalue weighted by Gasteiger charge is -2.26. The Hall–Kier alpha value is -2.24. The van der Waals surface area contributed by atoms with E-state index >= 15 is 0 Å². The number of aryl methyl sites for hydroxylation is 1. The maximum Gasteiger partial charge on any atom is 0.410 e. The summed E-state index contributed by atoms with van der Waals surface area (Å²) in [6.45, 7) is 9.69. The van der Waals surface area contributed by atoms with Gasteiger partial charge in [0.1, 0.15) is 11.4 Å². The van der Waals surface area contributed by atoms with Crippen molar-refractivity contribution >= 4 is 12.0 Å². The first-order chi connectivity index (χ1) is 11.8. The van der Waals surface area contributed by atoms with Crippen LogP contribution in [-0.4, -0.2) is 60.2 Å². The van der Waals surface area contributed by atoms with Crippen molar-refractivity contribution < 1.29 is 19.1 Å². The lowest BCUT2D eigenvalue weighted by atomic mass is 10.2. The van der Waals surface area contributed by atoms with Crippen LogP contribution >= 0.6 is 0 Å². The second kappa shape index (κ2) is 8.23. The topological polar surface area (TPSA) is 59.1 Å². The molecule has 25 heavy (non-hydrogen) atoms. The number of rotatable bonds is 3. The van der Waals surface area contributed by atoms with Crippen molar-refractivity contribution in [3.8, 4) is 5.75 Å². The molecule has 0 aliphatic carbocycles. The summed E-state index contributed by atoms with van der Waals surface area (Å²) in [6, 6.07) is 7.63. The first kappa shape index (κ1) is 19.1. The summed E-state index contributed by atoms with van der Waals surface area (Å²) in [5.74, 6) is 0.662. The van der Waals surface area contributed by atoms with Gasteiger partial charge in [-0.25, -0.2) is 4.79 Å². The standard InChI is InChI=1S/C19H28N2O4/c1-15-8-5-6-9-16(15)24-14-17(22)20-10-7-11-21(13-12-20)18(23)25-19(2,3)4/h5-6,8-9H,7,10-14H2,1-4H3. The zero-order valence-electron chi connectivity index (χ0n) is 15.6. The summed E-state index contributed by atoms with van der Waals surface area (Å²) < 4.78 is 11.0. The van der Waals surface area contributed by atoms with Crippen molar-refractivity contribution in [2.45, 2.75) is 39.7 Å². The van der Waals surface area contributed by atoms with E-state index in [1.54, 1.807) is 9.80 Å². The Morgan fingerprint density at radius 3 is 2.36 bits per heavy atom. The van der Waals surface area contributed by atoms with Crippen LogP contribution in [0.3, 0.4) is 0 Å². The molecule has 0 N–H and O–H groups in total. The average molecular weight is 348 g/mol. The Labute approximate surface area is 149 Å². The molecule has 2 amide bonds. The number of carbonyl (C=O) groups is 2. The Morgan fingerprint density at radius 2 is 1.68 bits per heavy atom. The van der Waals surface area contributed by atoms with E-state index in [1.807, 2.05) is 52.0 Å². The fraction of sp³-hybridized carbons (Fsp3) is 0.579. The predicted octanol–water partition coefficient (Wildman–Crippen LogP) is 2.84. The summed E-state index contributed by atoms with van der Waals surface area (Å²) in [7, 11) is 0. The minimum Gasteiger partial charge on any atom is -0.484 e. The van der Waals surface area contributed by atoms with Crippen LogP contribution in [0.5, 0.6) is 5.75 Å². The molecule has 0 atom stereocenters. The Kier molecular flexibility index (Phi) is 6.28. The van der Waals surface area contributed by atoms with Crippen LogP contribution in [0.25, 0.3) is 0 Å². The number of benzene rings is 1. The zero-order valence-corrected chi connectivity index (χ0v) is 15.6. The van der Waals surface area contributed by atoms with Crippen molar-refractivity contribution in [1.82, 2.24) is 9.80 Å². The molecule has 1 aromatic carbocycles. The molecule has 0 unspecified atom stereocenters. The highest BCUT2D eigenvalue weighted by molar-refractivity contribution is 5.78. The van der Waals surface area contributed by atoms with Crippen LogP contribution < -0.4 is 4.74 Å². The molecule has 1 aromatic rings. The van der Waals surface area contributed by atoms with E-state index in [2.05, 4.69) is 0 Å². The smallest absolute Gasteiger partial charge is 0.410 e. The molecule has 138 valence electrons. The van der Waals surface area contributed by atoms with Crippen LogP contribution in [0.4, 0.5) is 4.79 Å². The molecule has 6 heteroatoms. The maximum absolute atomic E-state index is 12.4. The molecule has 1 aliphatic heterocycles. The SMILES string of the molecule is Cc1ccccc1OCC(=O)N1CCCN(C(=O)OC(C)(C)C)CC1. The fourth-order valence-corrected chi connectivity index (χ4v) is 2.63. The third kappa shape index (κ3) is 5.96. The molecular weight excluding hydrogens is 320 g/mol. The molecule has 0 aromatic heterocycles. The van der Waals surface area contributed by atoms with E-state index < -0.39 is 5.60 Å². The van der Waals surface area contributed by atoms with Gasteiger partial charge >= 0.3 is 6.09 Å². The highest BCUT2D eigenvalue weighted by Gasteiger charge is 2.26. The van der Waals surface area contributed by atoms with E-state index in [9.17, 15) is 9.59 Å². The van der Waals surface area contributed by atoms with Gasteiger partial charge < -0.3 is 19.3 Å². The molecular formula is C19H28N2O4. The van der Waals surface area contributed by atoms with Gasteiger partial charge in [-0.2, -0.15) is 0 Å². The summed E-state index contributed by atoms with van der Waals surface area (Å²) >= 11 is 0. The van der Waals surface area contributed by atoms with Crippen molar-refractivity contribution in [2.75, 3.05) is 32.8 Å². The summed E-state index contributed by atoms with van der Waals surface area (Å²) in [5, 5.41) is 0. The van der Waals surface area contributed by atoms with E-state index in [1.165, 1.54) is 0 Å². The van der Waals surface area contributed by atoms with Crippen LogP contribution in [0.2, 0.25) is 0 Å². The Balaban J connectivity index is 1.84. The largest absolute Gasteiger partial charge is 0.484 e. The van der Waals surface area contributed by atoms with E-state index in [0.29, 0.717) is 26.2 Å². The minimum atomic E-state index is -0.514. The number of nitrogens with zero attached hydrogens (tertiary/aromatic N) is 2. The van der Waals surface area contributed by atoms with Gasteiger partial charge in [0.05, 0.1) is 0 Å². The second-order valence-corrected chi connectivity index (χ2v) is 7.26. The van der Waals surface area contributed by atoms with Gasteiger partial charge in [-0.1, -0.05) is 18.2 Å². The van der Waals surface area contributed by atoms with E-state index in [4.69, 9.17) is 9.47 Å².